The number of rotatable bonds is 8. The summed E-state index contributed by atoms with van der Waals surface area (Å²) in [5.74, 6) is 0.949. The number of nitrogens with zero attached hydrogens (tertiary/aromatic N) is 2. The zero-order chi connectivity index (χ0) is 15.1. The van der Waals surface area contributed by atoms with Gasteiger partial charge in [0.05, 0.1) is 5.56 Å². The highest BCUT2D eigenvalue weighted by Crippen LogP contribution is 2.19. The quantitative estimate of drug-likeness (QED) is 0.797. The van der Waals surface area contributed by atoms with Crippen molar-refractivity contribution < 1.29 is 9.90 Å². The Bertz CT molecular complexity index is 451. The van der Waals surface area contributed by atoms with Crippen molar-refractivity contribution in [2.75, 3.05) is 24.0 Å². The van der Waals surface area contributed by atoms with Gasteiger partial charge in [0.2, 0.25) is 0 Å². The number of thioether (sulfide) groups is 1. The maximum Gasteiger partial charge on any atom is 0.335 e. The largest absolute Gasteiger partial charge is 0.478 e. The summed E-state index contributed by atoms with van der Waals surface area (Å²) in [5.41, 5.74) is 1.17. The molecule has 4 nitrogen and oxygen atoms in total. The first-order valence-corrected chi connectivity index (χ1v) is 8.35. The number of anilines is 1. The Balaban J connectivity index is 2.99. The molecule has 0 fully saturated rings. The van der Waals surface area contributed by atoms with Crippen molar-refractivity contribution >= 4 is 23.5 Å². The number of aromatic nitrogens is 1. The molecule has 1 atom stereocenters. The van der Waals surface area contributed by atoms with Crippen molar-refractivity contribution in [1.29, 1.82) is 0 Å². The standard InChI is InChI=1S/C15H24N2O2S/c1-5-6-13-9-12(15(18)19)10-14(16-13)17(3)11(2)7-8-20-4/h9-11H,5-8H2,1-4H3,(H,18,19). The van der Waals surface area contributed by atoms with Crippen LogP contribution in [-0.2, 0) is 6.42 Å². The summed E-state index contributed by atoms with van der Waals surface area (Å²) in [6, 6.07) is 3.68. The molecule has 0 aliphatic carbocycles. The van der Waals surface area contributed by atoms with Crippen LogP contribution in [0.3, 0.4) is 0 Å². The van der Waals surface area contributed by atoms with Crippen molar-refractivity contribution in [2.45, 2.75) is 39.2 Å². The van der Waals surface area contributed by atoms with Crippen LogP contribution in [0.25, 0.3) is 0 Å². The van der Waals surface area contributed by atoms with Crippen LogP contribution in [0.4, 0.5) is 5.82 Å². The van der Waals surface area contributed by atoms with E-state index in [0.717, 1.165) is 36.5 Å². The fourth-order valence-corrected chi connectivity index (χ4v) is 2.54. The average molecular weight is 296 g/mol. The Morgan fingerprint density at radius 3 is 2.75 bits per heavy atom. The number of aromatic carboxylic acids is 1. The number of aryl methyl sites for hydroxylation is 1. The van der Waals surface area contributed by atoms with Crippen molar-refractivity contribution in [1.82, 2.24) is 4.98 Å². The number of hydrogen-bond donors (Lipinski definition) is 1. The van der Waals surface area contributed by atoms with Crippen LogP contribution in [0.15, 0.2) is 12.1 Å². The molecule has 0 amide bonds. The van der Waals surface area contributed by atoms with Gasteiger partial charge in [-0.25, -0.2) is 9.78 Å². The van der Waals surface area contributed by atoms with E-state index in [-0.39, 0.29) is 0 Å². The van der Waals surface area contributed by atoms with Crippen LogP contribution < -0.4 is 4.90 Å². The second kappa shape index (κ2) is 8.15. The fourth-order valence-electron chi connectivity index (χ4n) is 1.97. The minimum atomic E-state index is -0.892. The van der Waals surface area contributed by atoms with E-state index >= 15 is 0 Å². The first kappa shape index (κ1) is 16.8. The zero-order valence-corrected chi connectivity index (χ0v) is 13.5. The minimum Gasteiger partial charge on any atom is -0.478 e. The second-order valence-electron chi connectivity index (χ2n) is 5.00. The Morgan fingerprint density at radius 2 is 2.20 bits per heavy atom. The van der Waals surface area contributed by atoms with E-state index in [2.05, 4.69) is 30.0 Å². The third kappa shape index (κ3) is 4.71. The van der Waals surface area contributed by atoms with Crippen LogP contribution >= 0.6 is 11.8 Å². The summed E-state index contributed by atoms with van der Waals surface area (Å²) in [6.45, 7) is 4.21. The minimum absolute atomic E-state index is 0.322. The van der Waals surface area contributed by atoms with Crippen molar-refractivity contribution in [3.05, 3.63) is 23.4 Å². The highest BCUT2D eigenvalue weighted by Gasteiger charge is 2.15. The maximum atomic E-state index is 11.2. The van der Waals surface area contributed by atoms with Gasteiger partial charge < -0.3 is 10.0 Å². The number of carbonyl (C=O) groups is 1. The van der Waals surface area contributed by atoms with Gasteiger partial charge in [0, 0.05) is 18.8 Å². The van der Waals surface area contributed by atoms with Gasteiger partial charge in [-0.1, -0.05) is 13.3 Å². The third-order valence-electron chi connectivity index (χ3n) is 3.38. The van der Waals surface area contributed by atoms with Gasteiger partial charge in [-0.05, 0) is 43.9 Å². The third-order valence-corrected chi connectivity index (χ3v) is 4.02. The molecule has 1 aromatic rings. The van der Waals surface area contributed by atoms with Crippen molar-refractivity contribution in [3.8, 4) is 0 Å². The number of hydrogen-bond acceptors (Lipinski definition) is 4. The molecule has 0 spiro atoms. The molecule has 5 heteroatoms. The van der Waals surface area contributed by atoms with E-state index in [1.54, 1.807) is 12.1 Å². The molecule has 0 saturated carbocycles. The molecule has 1 rings (SSSR count). The van der Waals surface area contributed by atoms with Gasteiger partial charge in [0.1, 0.15) is 5.82 Å². The Labute approximate surface area is 125 Å². The lowest BCUT2D eigenvalue weighted by Gasteiger charge is -2.26. The molecule has 1 unspecified atom stereocenters. The number of carboxylic acid groups (broad SMARTS) is 1. The van der Waals surface area contributed by atoms with Gasteiger partial charge in [-0.15, -0.1) is 0 Å². The van der Waals surface area contributed by atoms with E-state index in [0.29, 0.717) is 11.6 Å². The number of pyridine rings is 1. The second-order valence-corrected chi connectivity index (χ2v) is 5.99. The molecule has 0 aliphatic heterocycles. The molecular formula is C15H24N2O2S. The van der Waals surface area contributed by atoms with Crippen LogP contribution in [0.5, 0.6) is 0 Å². The average Bonchev–Trinajstić information content (AvgIpc) is 2.43. The normalized spacial score (nSPS) is 12.2. The molecule has 1 heterocycles. The summed E-state index contributed by atoms with van der Waals surface area (Å²) in [5, 5.41) is 9.21. The Hall–Kier alpha value is -1.23. The zero-order valence-electron chi connectivity index (χ0n) is 12.7. The predicted octanol–water partition coefficient (Wildman–Crippen LogP) is 3.31. The molecule has 0 bridgehead atoms. The lowest BCUT2D eigenvalue weighted by molar-refractivity contribution is 0.0696. The summed E-state index contributed by atoms with van der Waals surface area (Å²) in [4.78, 5) is 17.9. The highest BCUT2D eigenvalue weighted by molar-refractivity contribution is 7.98. The van der Waals surface area contributed by atoms with E-state index < -0.39 is 5.97 Å². The van der Waals surface area contributed by atoms with Crippen LogP contribution in [0.2, 0.25) is 0 Å². The Morgan fingerprint density at radius 1 is 1.50 bits per heavy atom. The first-order chi connectivity index (χ1) is 9.49. The van der Waals surface area contributed by atoms with Crippen molar-refractivity contribution in [3.63, 3.8) is 0 Å². The molecule has 0 radical (unpaired) electrons. The summed E-state index contributed by atoms with van der Waals surface area (Å²) in [6.07, 6.45) is 4.91. The lowest BCUT2D eigenvalue weighted by Crippen LogP contribution is -2.30. The molecular weight excluding hydrogens is 272 g/mol. The monoisotopic (exact) mass is 296 g/mol. The lowest BCUT2D eigenvalue weighted by atomic mass is 10.1. The highest BCUT2D eigenvalue weighted by atomic mass is 32.2. The van der Waals surface area contributed by atoms with Crippen LogP contribution in [-0.4, -0.2) is 41.2 Å². The Kier molecular flexibility index (Phi) is 6.85. The van der Waals surface area contributed by atoms with Crippen LogP contribution in [0, 0.1) is 0 Å². The smallest absolute Gasteiger partial charge is 0.335 e. The predicted molar refractivity (Wildman–Crippen MR) is 86.1 cm³/mol. The van der Waals surface area contributed by atoms with Gasteiger partial charge in [-0.2, -0.15) is 11.8 Å². The van der Waals surface area contributed by atoms with Crippen LogP contribution in [0.1, 0.15) is 42.7 Å². The molecule has 0 saturated heterocycles. The molecule has 0 aromatic carbocycles. The van der Waals surface area contributed by atoms with E-state index in [1.165, 1.54) is 0 Å². The summed E-state index contributed by atoms with van der Waals surface area (Å²) < 4.78 is 0. The van der Waals surface area contributed by atoms with E-state index in [1.807, 2.05) is 18.8 Å². The molecule has 0 aliphatic rings. The maximum absolute atomic E-state index is 11.2. The summed E-state index contributed by atoms with van der Waals surface area (Å²) >= 11 is 1.82. The van der Waals surface area contributed by atoms with Gasteiger partial charge in [0.25, 0.3) is 0 Å². The van der Waals surface area contributed by atoms with Gasteiger partial charge in [-0.3, -0.25) is 0 Å². The van der Waals surface area contributed by atoms with Gasteiger partial charge >= 0.3 is 5.97 Å². The summed E-state index contributed by atoms with van der Waals surface area (Å²) in [7, 11) is 1.98. The fraction of sp³-hybridized carbons (Fsp3) is 0.600. The molecule has 1 aromatic heterocycles. The SMILES string of the molecule is CCCc1cc(C(=O)O)cc(N(C)C(C)CCSC)n1. The molecule has 20 heavy (non-hydrogen) atoms. The first-order valence-electron chi connectivity index (χ1n) is 6.95. The topological polar surface area (TPSA) is 53.4 Å². The van der Waals surface area contributed by atoms with E-state index in [4.69, 9.17) is 0 Å². The number of carboxylic acids is 1. The van der Waals surface area contributed by atoms with E-state index in [9.17, 15) is 9.90 Å². The van der Waals surface area contributed by atoms with Gasteiger partial charge in [0.15, 0.2) is 0 Å². The molecule has 112 valence electrons. The molecule has 1 N–H and O–H groups in total. The van der Waals surface area contributed by atoms with Crippen molar-refractivity contribution in [2.24, 2.45) is 0 Å².